The van der Waals surface area contributed by atoms with Crippen LogP contribution in [0.25, 0.3) is 0 Å². The number of alkyl halides is 2. The number of aliphatic carboxylic acids is 1. The fourth-order valence-electron chi connectivity index (χ4n) is 5.07. The highest BCUT2D eigenvalue weighted by Crippen LogP contribution is 2.63. The number of rotatable bonds is 4. The predicted octanol–water partition coefficient (Wildman–Crippen LogP) is 3.30. The van der Waals surface area contributed by atoms with Crippen molar-refractivity contribution in [2.24, 2.45) is 11.7 Å². The van der Waals surface area contributed by atoms with E-state index in [2.05, 4.69) is 5.32 Å². The Morgan fingerprint density at radius 2 is 1.93 bits per heavy atom. The maximum absolute atomic E-state index is 13.7. The lowest BCUT2D eigenvalue weighted by Crippen LogP contribution is -2.65. The van der Waals surface area contributed by atoms with Gasteiger partial charge in [0.15, 0.2) is 0 Å². The molecule has 0 spiro atoms. The molecule has 0 bridgehead atoms. The van der Waals surface area contributed by atoms with Gasteiger partial charge >= 0.3 is 12.0 Å². The Morgan fingerprint density at radius 3 is 2.50 bits per heavy atom. The van der Waals surface area contributed by atoms with Gasteiger partial charge in [0.25, 0.3) is 0 Å². The molecule has 0 aromatic heterocycles. The van der Waals surface area contributed by atoms with E-state index >= 15 is 0 Å². The number of carbonyl (C=O) groups is 2. The number of aryl methyl sites for hydroxylation is 2. The van der Waals surface area contributed by atoms with Gasteiger partial charge in [-0.2, -0.15) is 0 Å². The lowest BCUT2D eigenvalue weighted by atomic mass is 9.70. The molecule has 1 aromatic carbocycles. The van der Waals surface area contributed by atoms with Gasteiger partial charge in [0.1, 0.15) is 5.66 Å². The van der Waals surface area contributed by atoms with Gasteiger partial charge in [-0.1, -0.05) is 18.2 Å². The summed E-state index contributed by atoms with van der Waals surface area (Å²) in [7, 11) is 0. The molecule has 1 unspecified atom stereocenters. The zero-order valence-corrected chi connectivity index (χ0v) is 16.8. The van der Waals surface area contributed by atoms with Gasteiger partial charge in [-0.3, -0.25) is 4.90 Å². The first-order valence-electron chi connectivity index (χ1n) is 10.0. The molecule has 1 aliphatic heterocycles. The Bertz CT molecular complexity index is 1070. The SMILES string of the molecule is Cc1ccc([C@]2(N)NC(=O)N(C34CC(C(=O)O)=C3C4)C=C2C2CC(F)(F)C2)cc1C. The van der Waals surface area contributed by atoms with E-state index in [1.807, 2.05) is 32.0 Å². The van der Waals surface area contributed by atoms with Crippen molar-refractivity contribution in [2.45, 2.75) is 56.7 Å². The van der Waals surface area contributed by atoms with Crippen molar-refractivity contribution >= 4 is 12.0 Å². The highest BCUT2D eigenvalue weighted by molar-refractivity contribution is 5.95. The number of carbonyl (C=O) groups excluding carboxylic acids is 1. The van der Waals surface area contributed by atoms with Gasteiger partial charge in [0.05, 0.1) is 5.54 Å². The zero-order chi connectivity index (χ0) is 21.6. The van der Waals surface area contributed by atoms with Crippen LogP contribution in [0.15, 0.2) is 41.1 Å². The summed E-state index contributed by atoms with van der Waals surface area (Å²) >= 11 is 0. The standard InChI is InChI=1S/C22H23F2N3O3/c1-11-3-4-14(5-12(11)2)22(25)17(13-6-21(23,24)7-13)10-27(19(30)26-22)20-8-15(18(28)29)16(20)9-20/h3-5,10,13H,6-9,25H2,1-2H3,(H,26,30)(H,28,29)/t20?,22-/m0/s1. The van der Waals surface area contributed by atoms with Crippen molar-refractivity contribution in [3.63, 3.8) is 0 Å². The molecule has 4 N–H and O–H groups in total. The van der Waals surface area contributed by atoms with E-state index in [-0.39, 0.29) is 19.3 Å². The van der Waals surface area contributed by atoms with Crippen LogP contribution in [-0.2, 0) is 10.5 Å². The van der Waals surface area contributed by atoms with Crippen molar-refractivity contribution < 1.29 is 23.5 Å². The number of nitrogens with zero attached hydrogens (tertiary/aromatic N) is 1. The Labute approximate surface area is 172 Å². The van der Waals surface area contributed by atoms with Gasteiger partial charge in [-0.15, -0.1) is 0 Å². The fraction of sp³-hybridized carbons (Fsp3) is 0.455. The molecule has 8 heteroatoms. The number of hydrogen-bond donors (Lipinski definition) is 3. The van der Waals surface area contributed by atoms with Crippen LogP contribution in [0.3, 0.4) is 0 Å². The molecule has 2 saturated carbocycles. The van der Waals surface area contributed by atoms with Gasteiger partial charge < -0.3 is 16.2 Å². The minimum atomic E-state index is -2.74. The lowest BCUT2D eigenvalue weighted by Gasteiger charge is -2.49. The summed E-state index contributed by atoms with van der Waals surface area (Å²) < 4.78 is 27.4. The van der Waals surface area contributed by atoms with E-state index in [4.69, 9.17) is 5.73 Å². The summed E-state index contributed by atoms with van der Waals surface area (Å²) in [6.45, 7) is 3.89. The van der Waals surface area contributed by atoms with Crippen LogP contribution in [0.5, 0.6) is 0 Å². The van der Waals surface area contributed by atoms with Crippen molar-refractivity contribution in [2.75, 3.05) is 0 Å². The van der Waals surface area contributed by atoms with E-state index in [1.54, 1.807) is 6.20 Å². The molecule has 1 aromatic rings. The Balaban J connectivity index is 1.57. The van der Waals surface area contributed by atoms with Crippen LogP contribution in [0.2, 0.25) is 0 Å². The largest absolute Gasteiger partial charge is 0.478 e. The average molecular weight is 415 g/mol. The van der Waals surface area contributed by atoms with Crippen LogP contribution in [-0.4, -0.2) is 33.5 Å². The highest BCUT2D eigenvalue weighted by Gasteiger charge is 2.66. The summed E-state index contributed by atoms with van der Waals surface area (Å²) in [5.74, 6) is -4.17. The molecule has 3 aliphatic carbocycles. The first-order chi connectivity index (χ1) is 14.0. The van der Waals surface area contributed by atoms with Crippen LogP contribution in [0.1, 0.15) is 42.4 Å². The van der Waals surface area contributed by atoms with Gasteiger partial charge in [-0.25, -0.2) is 18.4 Å². The summed E-state index contributed by atoms with van der Waals surface area (Å²) in [5, 5.41) is 12.1. The predicted molar refractivity (Wildman–Crippen MR) is 105 cm³/mol. The van der Waals surface area contributed by atoms with E-state index in [0.29, 0.717) is 23.1 Å². The average Bonchev–Trinajstić information content (AvgIpc) is 3.19. The first kappa shape index (κ1) is 19.2. The van der Waals surface area contributed by atoms with E-state index in [0.717, 1.165) is 16.7 Å². The summed E-state index contributed by atoms with van der Waals surface area (Å²) in [6, 6.07) is 5.15. The molecular formula is C22H23F2N3O3. The first-order valence-corrected chi connectivity index (χ1v) is 10.0. The smallest absolute Gasteiger partial charge is 0.331 e. The Kier molecular flexibility index (Phi) is 3.65. The van der Waals surface area contributed by atoms with Crippen molar-refractivity contribution in [3.05, 3.63) is 57.8 Å². The quantitative estimate of drug-likeness (QED) is 0.703. The van der Waals surface area contributed by atoms with Crippen molar-refractivity contribution in [1.29, 1.82) is 0 Å². The molecule has 0 radical (unpaired) electrons. The van der Waals surface area contributed by atoms with Crippen molar-refractivity contribution in [3.8, 4) is 0 Å². The molecule has 0 saturated heterocycles. The van der Waals surface area contributed by atoms with Crippen LogP contribution >= 0.6 is 0 Å². The minimum Gasteiger partial charge on any atom is -0.478 e. The van der Waals surface area contributed by atoms with E-state index < -0.39 is 35.0 Å². The second-order valence-corrected chi connectivity index (χ2v) is 9.10. The lowest BCUT2D eigenvalue weighted by molar-refractivity contribution is -0.133. The highest BCUT2D eigenvalue weighted by atomic mass is 19.3. The maximum Gasteiger partial charge on any atom is 0.331 e. The molecule has 1 heterocycles. The second-order valence-electron chi connectivity index (χ2n) is 9.10. The zero-order valence-electron chi connectivity index (χ0n) is 16.8. The number of nitrogens with one attached hydrogen (secondary N) is 1. The fourth-order valence-corrected chi connectivity index (χ4v) is 5.07. The number of fused-ring (bicyclic) bond motifs is 1. The van der Waals surface area contributed by atoms with Gasteiger partial charge in [0, 0.05) is 31.0 Å². The number of nitrogens with two attached hydrogens (primary N) is 1. The summed E-state index contributed by atoms with van der Waals surface area (Å²) in [6.07, 6.45) is 1.73. The molecular weight excluding hydrogens is 392 g/mol. The summed E-state index contributed by atoms with van der Waals surface area (Å²) in [5.41, 5.74) is 8.99. The normalized spacial score (nSPS) is 32.0. The number of amides is 2. The molecule has 4 aliphatic rings. The van der Waals surface area contributed by atoms with Crippen LogP contribution < -0.4 is 11.1 Å². The minimum absolute atomic E-state index is 0.261. The maximum atomic E-state index is 13.7. The third-order valence-corrected chi connectivity index (χ3v) is 7.20. The number of halogens is 2. The number of carboxylic acids is 1. The topological polar surface area (TPSA) is 95.7 Å². The van der Waals surface area contributed by atoms with E-state index in [9.17, 15) is 23.5 Å². The monoisotopic (exact) mass is 415 g/mol. The molecule has 158 valence electrons. The second kappa shape index (κ2) is 5.69. The molecule has 5 rings (SSSR count). The van der Waals surface area contributed by atoms with Gasteiger partial charge in [-0.05, 0) is 54.0 Å². The Hall–Kier alpha value is -2.74. The van der Waals surface area contributed by atoms with Crippen LogP contribution in [0.4, 0.5) is 13.6 Å². The third-order valence-electron chi connectivity index (χ3n) is 7.20. The molecule has 2 fully saturated rings. The summed E-state index contributed by atoms with van der Waals surface area (Å²) in [4.78, 5) is 25.8. The van der Waals surface area contributed by atoms with Crippen LogP contribution in [0, 0.1) is 19.8 Å². The molecule has 2 atom stereocenters. The van der Waals surface area contributed by atoms with Gasteiger partial charge in [0.2, 0.25) is 5.92 Å². The number of hydrogen-bond acceptors (Lipinski definition) is 3. The number of urea groups is 1. The Morgan fingerprint density at radius 1 is 1.23 bits per heavy atom. The number of benzene rings is 1. The molecule has 6 nitrogen and oxygen atoms in total. The van der Waals surface area contributed by atoms with E-state index in [1.165, 1.54) is 4.90 Å². The number of carboxylic acid groups (broad SMARTS) is 1. The molecule has 2 amide bonds. The third kappa shape index (κ3) is 2.49. The molecule has 30 heavy (non-hydrogen) atoms. The van der Waals surface area contributed by atoms with Crippen molar-refractivity contribution in [1.82, 2.24) is 10.2 Å².